The van der Waals surface area contributed by atoms with Gasteiger partial charge in [-0.15, -0.1) is 0 Å². The van der Waals surface area contributed by atoms with Crippen LogP contribution in [0.25, 0.3) is 0 Å². The van der Waals surface area contributed by atoms with Crippen LogP contribution in [0.5, 0.6) is 17.2 Å². The molecule has 0 saturated carbocycles. The van der Waals surface area contributed by atoms with Crippen LogP contribution in [-0.4, -0.2) is 48.0 Å². The molecular weight excluding hydrogens is 472 g/mol. The summed E-state index contributed by atoms with van der Waals surface area (Å²) in [5, 5.41) is 2.66. The Balaban J connectivity index is 1.98. The molecule has 3 aromatic rings. The lowest BCUT2D eigenvalue weighted by Crippen LogP contribution is -2.38. The first-order valence-corrected chi connectivity index (χ1v) is 11.9. The van der Waals surface area contributed by atoms with Crippen LogP contribution in [0, 0.1) is 0 Å². The largest absolute Gasteiger partial charge is 0.497 e. The highest BCUT2D eigenvalue weighted by atomic mass is 32.2. The van der Waals surface area contributed by atoms with Gasteiger partial charge in [0, 0.05) is 17.3 Å². The number of ketones is 1. The van der Waals surface area contributed by atoms with Crippen molar-refractivity contribution in [2.45, 2.75) is 11.8 Å². The van der Waals surface area contributed by atoms with Crippen LogP contribution in [0.15, 0.2) is 71.6 Å². The Labute approximate surface area is 204 Å². The van der Waals surface area contributed by atoms with E-state index in [0.29, 0.717) is 22.7 Å². The highest BCUT2D eigenvalue weighted by Gasteiger charge is 2.28. The fourth-order valence-electron chi connectivity index (χ4n) is 3.31. The van der Waals surface area contributed by atoms with Crippen molar-refractivity contribution in [1.82, 2.24) is 0 Å². The number of benzene rings is 3. The lowest BCUT2D eigenvalue weighted by atomic mass is 10.1. The topological polar surface area (TPSA) is 111 Å². The second-order valence-electron chi connectivity index (χ2n) is 7.41. The minimum absolute atomic E-state index is 0.0858. The van der Waals surface area contributed by atoms with E-state index in [1.807, 2.05) is 0 Å². The lowest BCUT2D eigenvalue weighted by Gasteiger charge is -2.24. The lowest BCUT2D eigenvalue weighted by molar-refractivity contribution is -0.114. The molecule has 3 aromatic carbocycles. The van der Waals surface area contributed by atoms with Crippen LogP contribution in [0.2, 0.25) is 0 Å². The van der Waals surface area contributed by atoms with Crippen LogP contribution in [-0.2, 0) is 14.8 Å². The van der Waals surface area contributed by atoms with Gasteiger partial charge in [-0.1, -0.05) is 12.1 Å². The van der Waals surface area contributed by atoms with Gasteiger partial charge in [0.2, 0.25) is 5.91 Å². The number of amides is 1. The minimum atomic E-state index is -4.20. The molecule has 1 amide bonds. The van der Waals surface area contributed by atoms with Gasteiger partial charge in [-0.25, -0.2) is 8.42 Å². The maximum Gasteiger partial charge on any atom is 0.264 e. The van der Waals surface area contributed by atoms with E-state index < -0.39 is 22.5 Å². The smallest absolute Gasteiger partial charge is 0.264 e. The fraction of sp³-hybridized carbons (Fsp3) is 0.200. The fourth-order valence-corrected chi connectivity index (χ4v) is 4.75. The Bertz CT molecular complexity index is 1320. The molecule has 0 unspecified atom stereocenters. The molecule has 0 spiro atoms. The molecule has 10 heteroatoms. The van der Waals surface area contributed by atoms with E-state index in [9.17, 15) is 18.0 Å². The third-order valence-electron chi connectivity index (χ3n) is 5.14. The van der Waals surface area contributed by atoms with E-state index in [2.05, 4.69) is 5.32 Å². The summed E-state index contributed by atoms with van der Waals surface area (Å²) in [5.41, 5.74) is 1.06. The average molecular weight is 499 g/mol. The van der Waals surface area contributed by atoms with E-state index in [1.165, 1.54) is 52.5 Å². The normalized spacial score (nSPS) is 10.9. The molecule has 0 heterocycles. The summed E-state index contributed by atoms with van der Waals surface area (Å²) in [4.78, 5) is 24.5. The van der Waals surface area contributed by atoms with Crippen molar-refractivity contribution in [2.75, 3.05) is 37.5 Å². The molecular formula is C25H26N2O7S. The summed E-state index contributed by atoms with van der Waals surface area (Å²) in [6.45, 7) is 0.898. The number of anilines is 2. The zero-order valence-corrected chi connectivity index (χ0v) is 20.6. The molecule has 0 saturated heterocycles. The van der Waals surface area contributed by atoms with Crippen LogP contribution in [0.3, 0.4) is 0 Å². The highest BCUT2D eigenvalue weighted by Crippen LogP contribution is 2.32. The minimum Gasteiger partial charge on any atom is -0.497 e. The number of carbonyl (C=O) groups is 2. The number of carbonyl (C=O) groups excluding carboxylic acids is 2. The van der Waals surface area contributed by atoms with Crippen LogP contribution >= 0.6 is 0 Å². The molecule has 3 rings (SSSR count). The zero-order chi connectivity index (χ0) is 25.6. The molecule has 0 fully saturated rings. The van der Waals surface area contributed by atoms with Crippen molar-refractivity contribution in [3.63, 3.8) is 0 Å². The highest BCUT2D eigenvalue weighted by molar-refractivity contribution is 7.92. The summed E-state index contributed by atoms with van der Waals surface area (Å²) in [5.74, 6) is 0.379. The first kappa shape index (κ1) is 25.6. The third-order valence-corrected chi connectivity index (χ3v) is 6.91. The van der Waals surface area contributed by atoms with Crippen molar-refractivity contribution in [3.8, 4) is 17.2 Å². The van der Waals surface area contributed by atoms with E-state index in [4.69, 9.17) is 14.2 Å². The molecule has 0 bridgehead atoms. The van der Waals surface area contributed by atoms with E-state index in [0.717, 1.165) is 4.31 Å². The summed E-state index contributed by atoms with van der Waals surface area (Å²) in [6.07, 6.45) is 0. The monoisotopic (exact) mass is 498 g/mol. The van der Waals surface area contributed by atoms with E-state index in [1.54, 1.807) is 42.5 Å². The van der Waals surface area contributed by atoms with Gasteiger partial charge >= 0.3 is 0 Å². The van der Waals surface area contributed by atoms with Gasteiger partial charge in [0.05, 0.1) is 31.9 Å². The first-order valence-electron chi connectivity index (χ1n) is 10.5. The van der Waals surface area contributed by atoms with Gasteiger partial charge in [0.25, 0.3) is 10.0 Å². The maximum atomic E-state index is 13.7. The van der Waals surface area contributed by atoms with E-state index >= 15 is 0 Å². The molecule has 0 aromatic heterocycles. The van der Waals surface area contributed by atoms with Crippen molar-refractivity contribution in [3.05, 3.63) is 72.3 Å². The molecule has 0 atom stereocenters. The number of sulfonamides is 1. The second kappa shape index (κ2) is 10.9. The predicted octanol–water partition coefficient (Wildman–Crippen LogP) is 3.75. The number of ether oxygens (including phenoxy) is 3. The predicted molar refractivity (Wildman–Crippen MR) is 132 cm³/mol. The van der Waals surface area contributed by atoms with Gasteiger partial charge in [-0.2, -0.15) is 0 Å². The number of methoxy groups -OCH3 is 3. The second-order valence-corrected chi connectivity index (χ2v) is 9.27. The third kappa shape index (κ3) is 5.90. The van der Waals surface area contributed by atoms with Crippen molar-refractivity contribution < 1.29 is 32.2 Å². The molecule has 35 heavy (non-hydrogen) atoms. The standard InChI is InChI=1S/C25H26N2O7S/c1-17(28)18-6-5-7-19(14-18)26-25(29)16-27(20-8-10-21(32-2)11-9-20)35(30,31)22-12-13-23(33-3)24(15-22)34-4/h5-15H,16H2,1-4H3,(H,26,29). The Kier molecular flexibility index (Phi) is 7.98. The zero-order valence-electron chi connectivity index (χ0n) is 19.8. The number of Topliss-reactive ketones (excluding diaryl/α,β-unsaturated/α-hetero) is 1. The SMILES string of the molecule is COc1ccc(N(CC(=O)Nc2cccc(C(C)=O)c2)S(=O)(=O)c2ccc(OC)c(OC)c2)cc1. The summed E-state index contributed by atoms with van der Waals surface area (Å²) in [6, 6.07) is 16.9. The molecule has 0 aliphatic rings. The quantitative estimate of drug-likeness (QED) is 0.424. The molecule has 9 nitrogen and oxygen atoms in total. The van der Waals surface area contributed by atoms with Gasteiger partial charge < -0.3 is 19.5 Å². The molecule has 0 aliphatic carbocycles. The van der Waals surface area contributed by atoms with Gasteiger partial charge in [0.1, 0.15) is 12.3 Å². The number of hydrogen-bond acceptors (Lipinski definition) is 7. The Morgan fingerprint density at radius 2 is 1.54 bits per heavy atom. The Morgan fingerprint density at radius 3 is 2.14 bits per heavy atom. The van der Waals surface area contributed by atoms with Gasteiger partial charge in [0.15, 0.2) is 17.3 Å². The number of hydrogen-bond donors (Lipinski definition) is 1. The molecule has 1 N–H and O–H groups in total. The van der Waals surface area contributed by atoms with Crippen LogP contribution in [0.1, 0.15) is 17.3 Å². The van der Waals surface area contributed by atoms with Crippen molar-refractivity contribution in [1.29, 1.82) is 0 Å². The first-order chi connectivity index (χ1) is 16.7. The van der Waals surface area contributed by atoms with Crippen LogP contribution < -0.4 is 23.8 Å². The van der Waals surface area contributed by atoms with Crippen molar-refractivity contribution in [2.24, 2.45) is 0 Å². The maximum absolute atomic E-state index is 13.7. The molecule has 184 valence electrons. The van der Waals surface area contributed by atoms with Crippen molar-refractivity contribution >= 4 is 33.1 Å². The Morgan fingerprint density at radius 1 is 0.857 bits per heavy atom. The average Bonchev–Trinajstić information content (AvgIpc) is 2.86. The molecule has 0 aliphatic heterocycles. The van der Waals surface area contributed by atoms with E-state index in [-0.39, 0.29) is 22.1 Å². The number of nitrogens with zero attached hydrogens (tertiary/aromatic N) is 1. The molecule has 0 radical (unpaired) electrons. The summed E-state index contributed by atoms with van der Waals surface area (Å²) in [7, 11) is 0.144. The number of nitrogens with one attached hydrogen (secondary N) is 1. The van der Waals surface area contributed by atoms with Gasteiger partial charge in [-0.05, 0) is 55.5 Å². The summed E-state index contributed by atoms with van der Waals surface area (Å²) >= 11 is 0. The summed E-state index contributed by atoms with van der Waals surface area (Å²) < 4.78 is 43.9. The van der Waals surface area contributed by atoms with Gasteiger partial charge in [-0.3, -0.25) is 13.9 Å². The Hall–Kier alpha value is -4.05. The van der Waals surface area contributed by atoms with Crippen LogP contribution in [0.4, 0.5) is 11.4 Å². The number of rotatable bonds is 10.